The van der Waals surface area contributed by atoms with Gasteiger partial charge in [0.2, 0.25) is 0 Å². The predicted octanol–water partition coefficient (Wildman–Crippen LogP) is 8.48. The van der Waals surface area contributed by atoms with Crippen molar-refractivity contribution >= 4 is 29.2 Å². The van der Waals surface area contributed by atoms with Crippen LogP contribution >= 0.6 is 11.3 Å². The minimum absolute atomic E-state index is 0.00693. The lowest BCUT2D eigenvalue weighted by Gasteiger charge is -2.37. The third kappa shape index (κ3) is 9.46. The Balaban J connectivity index is 1.85. The van der Waals surface area contributed by atoms with E-state index in [4.69, 9.17) is 9.47 Å². The van der Waals surface area contributed by atoms with Crippen molar-refractivity contribution in [2.75, 3.05) is 0 Å². The molecule has 7 atom stereocenters. The molecule has 0 amide bonds. The van der Waals surface area contributed by atoms with Crippen molar-refractivity contribution < 1.29 is 24.2 Å². The van der Waals surface area contributed by atoms with Crippen molar-refractivity contribution in [2.24, 2.45) is 23.2 Å². The van der Waals surface area contributed by atoms with Crippen molar-refractivity contribution in [1.82, 2.24) is 4.98 Å². The molecule has 0 bridgehead atoms. The summed E-state index contributed by atoms with van der Waals surface area (Å²) in [4.78, 5) is 31.5. The lowest BCUT2D eigenvalue weighted by Crippen LogP contribution is -2.46. The van der Waals surface area contributed by atoms with Crippen LogP contribution in [0.3, 0.4) is 0 Å². The van der Waals surface area contributed by atoms with E-state index in [0.29, 0.717) is 18.8 Å². The molecule has 1 saturated carbocycles. The third-order valence-electron chi connectivity index (χ3n) is 10.00. The number of rotatable bonds is 8. The van der Waals surface area contributed by atoms with Crippen LogP contribution in [0.1, 0.15) is 136 Å². The zero-order valence-corrected chi connectivity index (χ0v) is 28.4. The van der Waals surface area contributed by atoms with Crippen molar-refractivity contribution in [3.63, 3.8) is 0 Å². The van der Waals surface area contributed by atoms with E-state index in [0.717, 1.165) is 74.9 Å². The number of allylic oxidation sites excluding steroid dienone is 1. The van der Waals surface area contributed by atoms with Crippen LogP contribution < -0.4 is 0 Å². The molecule has 2 heterocycles. The number of ether oxygens (including phenoxy) is 2. The summed E-state index contributed by atoms with van der Waals surface area (Å²) in [6.45, 7) is 16.3. The Bertz CT molecular complexity index is 1060. The highest BCUT2D eigenvalue weighted by atomic mass is 32.1. The van der Waals surface area contributed by atoms with Crippen molar-refractivity contribution in [3.05, 3.63) is 21.7 Å². The predicted molar refractivity (Wildman–Crippen MR) is 171 cm³/mol. The van der Waals surface area contributed by atoms with Crippen LogP contribution in [0, 0.1) is 30.1 Å². The summed E-state index contributed by atoms with van der Waals surface area (Å²) in [7, 11) is 0. The lowest BCUT2D eigenvalue weighted by molar-refractivity contribution is -0.161. The smallest absolute Gasteiger partial charge is 0.306 e. The van der Waals surface area contributed by atoms with E-state index in [1.165, 1.54) is 5.57 Å². The molecule has 7 heteroatoms. The normalized spacial score (nSPS) is 33.2. The van der Waals surface area contributed by atoms with Crippen LogP contribution in [-0.2, 0) is 19.1 Å². The molecule has 6 nitrogen and oxygen atoms in total. The highest BCUT2D eigenvalue weighted by Gasteiger charge is 2.52. The fourth-order valence-corrected chi connectivity index (χ4v) is 7.34. The molecule has 3 rings (SSSR count). The zero-order chi connectivity index (χ0) is 31.1. The Kier molecular flexibility index (Phi) is 12.8. The van der Waals surface area contributed by atoms with E-state index in [-0.39, 0.29) is 29.4 Å². The number of nitrogens with zero attached hydrogens (tertiary/aromatic N) is 1. The number of carbonyl (C=O) groups is 2. The number of carbonyl (C=O) groups excluding carboxylic acids is 2. The quantitative estimate of drug-likeness (QED) is 0.182. The van der Waals surface area contributed by atoms with Gasteiger partial charge in [-0.15, -0.1) is 11.3 Å². The number of thiazole rings is 1. The highest BCUT2D eigenvalue weighted by Crippen LogP contribution is 2.46. The number of aromatic nitrogens is 1. The van der Waals surface area contributed by atoms with Gasteiger partial charge in [0, 0.05) is 17.7 Å². The second-order valence-corrected chi connectivity index (χ2v) is 15.0. The number of fused-ring (bicyclic) bond motifs is 1. The Morgan fingerprint density at radius 1 is 1.17 bits per heavy atom. The largest absolute Gasteiger partial charge is 0.461 e. The van der Waals surface area contributed by atoms with Gasteiger partial charge in [-0.25, -0.2) is 4.98 Å². The molecular weight excluding hydrogens is 546 g/mol. The average Bonchev–Trinajstić information content (AvgIpc) is 3.39. The summed E-state index contributed by atoms with van der Waals surface area (Å²) in [6, 6.07) is 0. The Labute approximate surface area is 259 Å². The second-order valence-electron chi connectivity index (χ2n) is 14.0. The first-order valence-electron chi connectivity index (χ1n) is 16.5. The number of aliphatic hydroxyl groups excluding tert-OH is 1. The number of ketones is 1. The molecule has 1 aromatic heterocycles. The molecule has 1 aliphatic heterocycles. The molecule has 1 aromatic rings. The number of hydrogen-bond acceptors (Lipinski definition) is 7. The van der Waals surface area contributed by atoms with Crippen LogP contribution in [0.5, 0.6) is 0 Å². The fourth-order valence-electron chi connectivity index (χ4n) is 6.77. The summed E-state index contributed by atoms with van der Waals surface area (Å²) in [5, 5.41) is 14.3. The van der Waals surface area contributed by atoms with E-state index in [1.54, 1.807) is 11.3 Å². The average molecular weight is 604 g/mol. The first-order chi connectivity index (χ1) is 19.8. The number of Topliss-reactive ketones (excluding diaryl/α,β-unsaturated/α-hetero) is 1. The molecule has 1 saturated heterocycles. The fraction of sp³-hybridized carbons (Fsp3) is 0.800. The molecule has 0 aromatic carbocycles. The zero-order valence-electron chi connectivity index (χ0n) is 27.5. The van der Waals surface area contributed by atoms with E-state index in [1.807, 2.05) is 34.6 Å². The molecule has 42 heavy (non-hydrogen) atoms. The van der Waals surface area contributed by atoms with Crippen LogP contribution in [0.15, 0.2) is 11.0 Å². The summed E-state index contributed by atoms with van der Waals surface area (Å²) in [5.74, 6) is -0.472. The third-order valence-corrected chi connectivity index (χ3v) is 10.8. The standard InChI is InChI=1S/C35H57NO5S/c1-9-10-11-12-18-31(37)40-29-17-13-16-27(24(3)20-28-22-42-26(5)36-28)21-30-35(8,41-30)19-14-15-23(2)32(38)25(4)33(39)34(29,6)7/h20,22-23,25,27,29-30,32,38H,9-19,21H2,1-8H3/b24-20+/t23-,25+,27-,29-,30-,32-,35+/m0/s1. The molecule has 1 N–H and O–H groups in total. The minimum atomic E-state index is -0.896. The van der Waals surface area contributed by atoms with Gasteiger partial charge in [0.1, 0.15) is 11.9 Å². The first-order valence-corrected chi connectivity index (χ1v) is 17.4. The van der Waals surface area contributed by atoms with Crippen LogP contribution in [0.2, 0.25) is 0 Å². The van der Waals surface area contributed by atoms with E-state index >= 15 is 0 Å². The summed E-state index contributed by atoms with van der Waals surface area (Å²) in [5.41, 5.74) is 1.28. The van der Waals surface area contributed by atoms with Gasteiger partial charge in [-0.3, -0.25) is 9.59 Å². The van der Waals surface area contributed by atoms with Gasteiger partial charge in [-0.1, -0.05) is 52.0 Å². The number of unbranched alkanes of at least 4 members (excludes halogenated alkanes) is 3. The van der Waals surface area contributed by atoms with Crippen LogP contribution in [-0.4, -0.2) is 45.8 Å². The molecule has 2 fully saturated rings. The van der Waals surface area contributed by atoms with Crippen LogP contribution in [0.4, 0.5) is 0 Å². The van der Waals surface area contributed by atoms with Crippen LogP contribution in [0.25, 0.3) is 6.08 Å². The topological polar surface area (TPSA) is 89.0 Å². The maximum atomic E-state index is 13.9. The Morgan fingerprint density at radius 3 is 2.57 bits per heavy atom. The Hall–Kier alpha value is -1.57. The molecule has 238 valence electrons. The SMILES string of the molecule is CCCCCCC(=O)O[C@H]1CCC[C@H](/C(C)=C/c2csc(C)n2)C[C@@H]2O[C@]2(C)CCC[C@H](C)[C@H](O)[C@@H](C)C(=O)C1(C)C. The second kappa shape index (κ2) is 15.4. The number of esters is 1. The number of epoxide rings is 1. The van der Waals surface area contributed by atoms with Gasteiger partial charge >= 0.3 is 5.97 Å². The van der Waals surface area contributed by atoms with Gasteiger partial charge in [0.25, 0.3) is 0 Å². The van der Waals surface area contributed by atoms with Gasteiger partial charge in [-0.05, 0) is 97.5 Å². The van der Waals surface area contributed by atoms with Crippen molar-refractivity contribution in [3.8, 4) is 0 Å². The maximum Gasteiger partial charge on any atom is 0.306 e. The summed E-state index contributed by atoms with van der Waals surface area (Å²) in [6.07, 6.45) is 11.6. The maximum absolute atomic E-state index is 13.9. The number of aryl methyl sites for hydroxylation is 1. The van der Waals surface area contributed by atoms with Gasteiger partial charge in [-0.2, -0.15) is 0 Å². The molecule has 0 radical (unpaired) electrons. The van der Waals surface area contributed by atoms with Gasteiger partial charge in [0.15, 0.2) is 0 Å². The minimum Gasteiger partial charge on any atom is -0.461 e. The van der Waals surface area contributed by atoms with Crippen molar-refractivity contribution in [2.45, 2.75) is 156 Å². The monoisotopic (exact) mass is 603 g/mol. The molecule has 0 unspecified atom stereocenters. The summed E-state index contributed by atoms with van der Waals surface area (Å²) < 4.78 is 12.4. The van der Waals surface area contributed by atoms with E-state index in [9.17, 15) is 14.7 Å². The van der Waals surface area contributed by atoms with Gasteiger partial charge in [0.05, 0.1) is 33.9 Å². The van der Waals surface area contributed by atoms with Gasteiger partial charge < -0.3 is 14.6 Å². The summed E-state index contributed by atoms with van der Waals surface area (Å²) >= 11 is 1.66. The van der Waals surface area contributed by atoms with E-state index < -0.39 is 23.5 Å². The van der Waals surface area contributed by atoms with E-state index in [2.05, 4.69) is 37.2 Å². The molecule has 2 aliphatic rings. The highest BCUT2D eigenvalue weighted by molar-refractivity contribution is 7.09. The number of aliphatic hydroxyl groups is 1. The molecule has 0 spiro atoms. The first kappa shape index (κ1) is 34.9. The molecular formula is C35H57NO5S. The molecule has 1 aliphatic carbocycles. The number of hydrogen-bond donors (Lipinski definition) is 1. The Morgan fingerprint density at radius 2 is 1.90 bits per heavy atom. The van der Waals surface area contributed by atoms with Crippen molar-refractivity contribution in [1.29, 1.82) is 0 Å². The lowest BCUT2D eigenvalue weighted by atomic mass is 9.72.